The maximum Gasteiger partial charge on any atom is 0.697 e. The Hall–Kier alpha value is -1.38. The van der Waals surface area contributed by atoms with Crippen molar-refractivity contribution in [3.8, 4) is 0 Å². The highest BCUT2D eigenvalue weighted by atomic mass is 31.2. The van der Waals surface area contributed by atoms with E-state index >= 15 is 0 Å². The van der Waals surface area contributed by atoms with E-state index in [1.165, 1.54) is 0 Å². The molecule has 19 heteroatoms. The molecule has 0 aliphatic carbocycles. The summed E-state index contributed by atoms with van der Waals surface area (Å²) >= 11 is 0. The van der Waals surface area contributed by atoms with Gasteiger partial charge in [-0.2, -0.15) is 0 Å². The number of aliphatic hydroxyl groups is 2. The van der Waals surface area contributed by atoms with E-state index in [-0.39, 0.29) is 5.48 Å². The second-order valence-electron chi connectivity index (χ2n) is 5.37. The molecular weight excluding hydrogens is 461 g/mol. The van der Waals surface area contributed by atoms with Gasteiger partial charge in [-0.15, -0.1) is 9.05 Å². The summed E-state index contributed by atoms with van der Waals surface area (Å²) in [7, 11) is -13.9. The molecule has 0 bridgehead atoms. The first-order chi connectivity index (χ1) is 12.8. The highest BCUT2D eigenvalue weighted by Gasteiger charge is 2.54. The minimum absolute atomic E-state index is 0. The molecule has 0 saturated carbocycles. The molecule has 2 unspecified atom stereocenters. The van der Waals surface area contributed by atoms with Crippen molar-refractivity contribution in [2.45, 2.75) is 10.7 Å². The van der Waals surface area contributed by atoms with Crippen LogP contribution in [0.15, 0.2) is 24.8 Å². The summed E-state index contributed by atoms with van der Waals surface area (Å²) in [5.74, 6) is -1.15. The van der Waals surface area contributed by atoms with E-state index in [0.29, 0.717) is 0 Å². The monoisotopic (exact) mass is 479 g/mol. The van der Waals surface area contributed by atoms with Gasteiger partial charge in [0.2, 0.25) is 0 Å². The molecule has 0 aromatic carbocycles. The van der Waals surface area contributed by atoms with Gasteiger partial charge in [0.25, 0.3) is 10.7 Å². The van der Waals surface area contributed by atoms with Gasteiger partial charge in [0.1, 0.15) is 0 Å². The fraction of sp³-hybridized carbons (Fsp3) is 0.400. The number of aromatic nitrogens is 4. The first kappa shape index (κ1) is 25.7. The molecule has 2 atom stereocenters. The number of H-pyrrole nitrogens is 2. The molecule has 0 aliphatic heterocycles. The van der Waals surface area contributed by atoms with Crippen LogP contribution in [0.25, 0.3) is 0 Å². The number of hydrogen-bond acceptors (Lipinski definition) is 9. The normalized spacial score (nSPS) is 17.1. The molecule has 0 amide bonds. The zero-order chi connectivity index (χ0) is 21.2. The molecule has 0 aliphatic rings. The molecule has 0 saturated heterocycles. The van der Waals surface area contributed by atoms with E-state index in [2.05, 4.69) is 29.0 Å². The van der Waals surface area contributed by atoms with Gasteiger partial charge in [-0.05, 0) is 0 Å². The molecule has 2 rings (SSSR count). The zero-order valence-electron chi connectivity index (χ0n) is 14.2. The van der Waals surface area contributed by atoms with Crippen molar-refractivity contribution in [1.29, 1.82) is 0 Å². The summed E-state index contributed by atoms with van der Waals surface area (Å²) in [4.78, 5) is 49.0. The standard InChI is InChI=1S/C10H15N4O11P3.H2O/c15-9(27(18,19)20,7-11-1-2-12-7)5-24-26(17)25-6-10(16,28(21,22)23)8-13-3-4-14-8;/h1-4,15-16H,5-6H2,(H5-,11,12,13,14,18,19,20,21,22,23);1H2/p+1. The average molecular weight is 479 g/mol. The number of nitrogens with zero attached hydrogens (tertiary/aromatic N) is 2. The highest BCUT2D eigenvalue weighted by Crippen LogP contribution is 2.57. The first-order valence-electron chi connectivity index (χ1n) is 7.10. The SMILES string of the molecule is O.O=[P+](OCC(O)(c1ncc[nH]1)P(=O)(O)O)OCC(O)(c1ncc[nH]1)P(=O)(O)O. The topological polar surface area (TPSA) is 280 Å². The fourth-order valence-corrected chi connectivity index (χ4v) is 4.00. The van der Waals surface area contributed by atoms with Crippen molar-refractivity contribution in [3.05, 3.63) is 36.4 Å². The Morgan fingerprint density at radius 1 is 0.897 bits per heavy atom. The van der Waals surface area contributed by atoms with Crippen molar-refractivity contribution >= 4 is 23.4 Å². The van der Waals surface area contributed by atoms with Crippen molar-refractivity contribution in [3.63, 3.8) is 0 Å². The molecule has 0 spiro atoms. The van der Waals surface area contributed by atoms with Crippen LogP contribution < -0.4 is 0 Å². The minimum atomic E-state index is -5.29. The second-order valence-corrected chi connectivity index (χ2v) is 9.99. The number of nitrogens with one attached hydrogen (secondary N) is 2. The summed E-state index contributed by atoms with van der Waals surface area (Å²) in [6, 6.07) is 0. The van der Waals surface area contributed by atoms with Crippen LogP contribution in [0.2, 0.25) is 0 Å². The Kier molecular flexibility index (Phi) is 8.12. The van der Waals surface area contributed by atoms with E-state index in [1.54, 1.807) is 0 Å². The van der Waals surface area contributed by atoms with E-state index < -0.39 is 59.0 Å². The third kappa shape index (κ3) is 5.41. The average Bonchev–Trinajstić information content (AvgIpc) is 3.28. The van der Waals surface area contributed by atoms with Gasteiger partial charge in [0.15, 0.2) is 24.9 Å². The Morgan fingerprint density at radius 2 is 1.24 bits per heavy atom. The van der Waals surface area contributed by atoms with Gasteiger partial charge in [-0.1, -0.05) is 0 Å². The maximum atomic E-state index is 11.8. The predicted octanol–water partition coefficient (Wildman–Crippen LogP) is -1.66. The van der Waals surface area contributed by atoms with Gasteiger partial charge >= 0.3 is 23.4 Å². The van der Waals surface area contributed by atoms with E-state index in [0.717, 1.165) is 24.8 Å². The van der Waals surface area contributed by atoms with Crippen molar-refractivity contribution in [2.24, 2.45) is 0 Å². The Balaban J connectivity index is 0.00000420. The lowest BCUT2D eigenvalue weighted by molar-refractivity contribution is 0.0125. The molecular formula is C10H18N4O12P3+. The third-order valence-electron chi connectivity index (χ3n) is 3.46. The molecule has 2 aromatic rings. The van der Waals surface area contributed by atoms with E-state index in [4.69, 9.17) is 0 Å². The lowest BCUT2D eigenvalue weighted by Gasteiger charge is -2.24. The number of imidazole rings is 2. The maximum absolute atomic E-state index is 11.8. The molecule has 16 nitrogen and oxygen atoms in total. The summed E-state index contributed by atoms with van der Waals surface area (Å²) < 4.78 is 44.2. The molecule has 2 aromatic heterocycles. The summed E-state index contributed by atoms with van der Waals surface area (Å²) in [5, 5.41) is 14.4. The van der Waals surface area contributed by atoms with Crippen molar-refractivity contribution < 1.29 is 58.0 Å². The van der Waals surface area contributed by atoms with Crippen molar-refractivity contribution in [2.75, 3.05) is 13.2 Å². The first-order valence-corrected chi connectivity index (χ1v) is 11.4. The van der Waals surface area contributed by atoms with Gasteiger partial charge in [0, 0.05) is 29.4 Å². The second kappa shape index (κ2) is 9.18. The van der Waals surface area contributed by atoms with Crippen LogP contribution >= 0.6 is 23.4 Å². The van der Waals surface area contributed by atoms with Crippen LogP contribution in [-0.2, 0) is 33.4 Å². The van der Waals surface area contributed by atoms with Gasteiger partial charge < -0.3 is 45.2 Å². The molecule has 164 valence electrons. The summed E-state index contributed by atoms with van der Waals surface area (Å²) in [6.07, 6.45) is 4.51. The number of rotatable bonds is 10. The Labute approximate surface area is 162 Å². The molecule has 0 radical (unpaired) electrons. The Bertz CT molecular complexity index is 823. The van der Waals surface area contributed by atoms with Gasteiger partial charge in [-0.3, -0.25) is 9.13 Å². The minimum Gasteiger partial charge on any atom is -0.412 e. The predicted molar refractivity (Wildman–Crippen MR) is 92.2 cm³/mol. The van der Waals surface area contributed by atoms with E-state index in [1.807, 2.05) is 0 Å². The lowest BCUT2D eigenvalue weighted by atomic mass is 10.3. The number of aromatic amines is 2. The molecule has 0 fully saturated rings. The highest BCUT2D eigenvalue weighted by molar-refractivity contribution is 7.53. The fourth-order valence-electron chi connectivity index (χ4n) is 1.87. The van der Waals surface area contributed by atoms with Crippen LogP contribution in [0.4, 0.5) is 0 Å². The van der Waals surface area contributed by atoms with Gasteiger partial charge in [0.05, 0.1) is 0 Å². The van der Waals surface area contributed by atoms with Crippen LogP contribution in [-0.4, -0.2) is 68.4 Å². The lowest BCUT2D eigenvalue weighted by Crippen LogP contribution is -2.33. The van der Waals surface area contributed by atoms with Crippen molar-refractivity contribution in [1.82, 2.24) is 19.9 Å². The largest absolute Gasteiger partial charge is 0.697 e. The molecule has 29 heavy (non-hydrogen) atoms. The molecule has 2 heterocycles. The number of hydrogen-bond donors (Lipinski definition) is 8. The van der Waals surface area contributed by atoms with E-state index in [9.17, 15) is 43.5 Å². The smallest absolute Gasteiger partial charge is 0.412 e. The van der Waals surface area contributed by atoms with Crippen LogP contribution in [0.3, 0.4) is 0 Å². The summed E-state index contributed by atoms with van der Waals surface area (Å²) in [6.45, 7) is -2.51. The van der Waals surface area contributed by atoms with Crippen LogP contribution in [0, 0.1) is 0 Å². The van der Waals surface area contributed by atoms with Crippen LogP contribution in [0.1, 0.15) is 11.6 Å². The molecule has 10 N–H and O–H groups in total. The van der Waals surface area contributed by atoms with Crippen LogP contribution in [0.5, 0.6) is 0 Å². The quantitative estimate of drug-likeness (QED) is 0.177. The zero-order valence-corrected chi connectivity index (χ0v) is 16.9. The van der Waals surface area contributed by atoms with Gasteiger partial charge in [-0.25, -0.2) is 9.97 Å². The Morgan fingerprint density at radius 3 is 1.48 bits per heavy atom. The third-order valence-corrected chi connectivity index (χ3v) is 6.75. The summed E-state index contributed by atoms with van der Waals surface area (Å²) in [5.41, 5.74) is 0.